The van der Waals surface area contributed by atoms with E-state index in [1.807, 2.05) is 0 Å². The van der Waals surface area contributed by atoms with Gasteiger partial charge in [-0.2, -0.15) is 0 Å². The van der Waals surface area contributed by atoms with Gasteiger partial charge >= 0.3 is 0 Å². The quantitative estimate of drug-likeness (QED) is 0.847. The lowest BCUT2D eigenvalue weighted by atomic mass is 10.0. The standard InChI is InChI=1S/C12H16F3NO2S/c1-4-16-12(7(2)19(3,17)18)8-5-10(14)11(15)6-9(8)13/h5-7,12,16H,4H2,1-3H3. The summed E-state index contributed by atoms with van der Waals surface area (Å²) in [5, 5.41) is 1.82. The molecule has 0 amide bonds. The number of sulfone groups is 1. The first-order valence-corrected chi connectivity index (χ1v) is 7.70. The van der Waals surface area contributed by atoms with Crippen LogP contribution < -0.4 is 5.32 Å². The Morgan fingerprint density at radius 2 is 1.68 bits per heavy atom. The minimum Gasteiger partial charge on any atom is -0.309 e. The zero-order chi connectivity index (χ0) is 14.8. The van der Waals surface area contributed by atoms with Crippen molar-refractivity contribution < 1.29 is 21.6 Å². The van der Waals surface area contributed by atoms with Crippen LogP contribution in [0.5, 0.6) is 0 Å². The molecule has 7 heteroatoms. The van der Waals surface area contributed by atoms with Crippen LogP contribution in [0.15, 0.2) is 12.1 Å². The molecule has 0 saturated carbocycles. The van der Waals surface area contributed by atoms with Crippen molar-refractivity contribution in [3.63, 3.8) is 0 Å². The third-order valence-corrected chi connectivity index (χ3v) is 4.57. The smallest absolute Gasteiger partial charge is 0.161 e. The SMILES string of the molecule is CCNC(c1cc(F)c(F)cc1F)C(C)S(C)(=O)=O. The summed E-state index contributed by atoms with van der Waals surface area (Å²) >= 11 is 0. The molecular weight excluding hydrogens is 279 g/mol. The number of hydrogen-bond donors (Lipinski definition) is 1. The Labute approximate surface area is 110 Å². The summed E-state index contributed by atoms with van der Waals surface area (Å²) in [6.45, 7) is 3.46. The van der Waals surface area contributed by atoms with Crippen molar-refractivity contribution in [2.45, 2.75) is 25.1 Å². The van der Waals surface area contributed by atoms with E-state index < -0.39 is 38.6 Å². The maximum atomic E-state index is 13.7. The highest BCUT2D eigenvalue weighted by molar-refractivity contribution is 7.91. The van der Waals surface area contributed by atoms with Gasteiger partial charge in [0.15, 0.2) is 21.5 Å². The number of rotatable bonds is 5. The average Bonchev–Trinajstić information content (AvgIpc) is 2.29. The topological polar surface area (TPSA) is 46.2 Å². The Kier molecular flexibility index (Phi) is 4.98. The van der Waals surface area contributed by atoms with E-state index in [0.717, 1.165) is 6.26 Å². The van der Waals surface area contributed by atoms with Crippen molar-refractivity contribution in [3.05, 3.63) is 35.1 Å². The van der Waals surface area contributed by atoms with Crippen LogP contribution in [-0.2, 0) is 9.84 Å². The largest absolute Gasteiger partial charge is 0.309 e. The molecule has 2 atom stereocenters. The van der Waals surface area contributed by atoms with Gasteiger partial charge < -0.3 is 5.32 Å². The molecule has 0 aromatic heterocycles. The molecule has 3 nitrogen and oxygen atoms in total. The van der Waals surface area contributed by atoms with E-state index in [2.05, 4.69) is 5.32 Å². The van der Waals surface area contributed by atoms with E-state index in [0.29, 0.717) is 18.7 Å². The Hall–Kier alpha value is -1.08. The molecule has 2 unspecified atom stereocenters. The molecule has 1 rings (SSSR count). The summed E-state index contributed by atoms with van der Waals surface area (Å²) < 4.78 is 62.9. The summed E-state index contributed by atoms with van der Waals surface area (Å²) in [5.41, 5.74) is -0.196. The van der Waals surface area contributed by atoms with Crippen LogP contribution in [0.2, 0.25) is 0 Å². The van der Waals surface area contributed by atoms with Crippen molar-refractivity contribution in [1.82, 2.24) is 5.32 Å². The molecule has 0 heterocycles. The summed E-state index contributed by atoms with van der Waals surface area (Å²) in [5.74, 6) is -3.48. The molecule has 108 valence electrons. The van der Waals surface area contributed by atoms with Crippen molar-refractivity contribution in [1.29, 1.82) is 0 Å². The molecule has 1 N–H and O–H groups in total. The van der Waals surface area contributed by atoms with Crippen molar-refractivity contribution in [2.75, 3.05) is 12.8 Å². The van der Waals surface area contributed by atoms with E-state index in [1.54, 1.807) is 6.92 Å². The molecule has 0 fully saturated rings. The second-order valence-corrected chi connectivity index (χ2v) is 6.76. The Morgan fingerprint density at radius 1 is 1.16 bits per heavy atom. The minimum absolute atomic E-state index is 0.196. The molecule has 0 bridgehead atoms. The molecule has 0 radical (unpaired) electrons. The van der Waals surface area contributed by atoms with Crippen LogP contribution in [0.25, 0.3) is 0 Å². The third kappa shape index (κ3) is 3.70. The van der Waals surface area contributed by atoms with Gasteiger partial charge in [0.1, 0.15) is 5.82 Å². The van der Waals surface area contributed by atoms with Crippen molar-refractivity contribution in [3.8, 4) is 0 Å². The zero-order valence-electron chi connectivity index (χ0n) is 10.9. The fourth-order valence-electron chi connectivity index (χ4n) is 1.77. The molecule has 0 aliphatic heterocycles. The first-order chi connectivity index (χ1) is 8.68. The monoisotopic (exact) mass is 295 g/mol. The van der Waals surface area contributed by atoms with Crippen molar-refractivity contribution >= 4 is 9.84 Å². The van der Waals surface area contributed by atoms with Gasteiger partial charge in [-0.05, 0) is 19.5 Å². The second-order valence-electron chi connectivity index (χ2n) is 4.36. The number of hydrogen-bond acceptors (Lipinski definition) is 3. The fourth-order valence-corrected chi connectivity index (χ4v) is 2.51. The highest BCUT2D eigenvalue weighted by Crippen LogP contribution is 2.26. The summed E-state index contributed by atoms with van der Waals surface area (Å²) in [6.07, 6.45) is 1.01. The lowest BCUT2D eigenvalue weighted by Gasteiger charge is -2.24. The predicted molar refractivity (Wildman–Crippen MR) is 67.0 cm³/mol. The maximum absolute atomic E-state index is 13.7. The highest BCUT2D eigenvalue weighted by atomic mass is 32.2. The lowest BCUT2D eigenvalue weighted by Crippen LogP contribution is -2.35. The van der Waals surface area contributed by atoms with Crippen molar-refractivity contribution in [2.24, 2.45) is 0 Å². The first kappa shape index (κ1) is 16.0. The van der Waals surface area contributed by atoms with Crippen LogP contribution in [0, 0.1) is 17.5 Å². The lowest BCUT2D eigenvalue weighted by molar-refractivity contribution is 0.460. The molecular formula is C12H16F3NO2S. The number of benzene rings is 1. The Balaban J connectivity index is 3.31. The average molecular weight is 295 g/mol. The molecule has 1 aromatic rings. The van der Waals surface area contributed by atoms with Gasteiger partial charge in [0.25, 0.3) is 0 Å². The fraction of sp³-hybridized carbons (Fsp3) is 0.500. The Bertz CT molecular complexity index is 560. The normalized spacial score (nSPS) is 15.3. The maximum Gasteiger partial charge on any atom is 0.161 e. The van der Waals surface area contributed by atoms with Crippen LogP contribution in [0.4, 0.5) is 13.2 Å². The van der Waals surface area contributed by atoms with E-state index in [1.165, 1.54) is 6.92 Å². The van der Waals surface area contributed by atoms with E-state index in [-0.39, 0.29) is 5.56 Å². The van der Waals surface area contributed by atoms with Gasteiger partial charge in [-0.25, -0.2) is 21.6 Å². The number of nitrogens with one attached hydrogen (secondary N) is 1. The highest BCUT2D eigenvalue weighted by Gasteiger charge is 2.29. The zero-order valence-corrected chi connectivity index (χ0v) is 11.7. The number of halogens is 3. The van der Waals surface area contributed by atoms with Crippen LogP contribution in [0.1, 0.15) is 25.5 Å². The molecule has 0 spiro atoms. The van der Waals surface area contributed by atoms with Gasteiger partial charge in [0.05, 0.1) is 11.3 Å². The van der Waals surface area contributed by atoms with Gasteiger partial charge in [-0.15, -0.1) is 0 Å². The van der Waals surface area contributed by atoms with E-state index in [4.69, 9.17) is 0 Å². The van der Waals surface area contributed by atoms with E-state index >= 15 is 0 Å². The molecule has 1 aromatic carbocycles. The van der Waals surface area contributed by atoms with Gasteiger partial charge in [-0.3, -0.25) is 0 Å². The summed E-state index contributed by atoms with van der Waals surface area (Å²) in [6, 6.07) is 0.180. The molecule has 0 aliphatic rings. The molecule has 19 heavy (non-hydrogen) atoms. The first-order valence-electron chi connectivity index (χ1n) is 5.75. The van der Waals surface area contributed by atoms with Gasteiger partial charge in [0, 0.05) is 17.9 Å². The predicted octanol–water partition coefficient (Wildman–Crippen LogP) is 2.19. The van der Waals surface area contributed by atoms with Crippen LogP contribution in [-0.4, -0.2) is 26.5 Å². The van der Waals surface area contributed by atoms with Crippen LogP contribution in [0.3, 0.4) is 0 Å². The molecule has 0 saturated heterocycles. The summed E-state index contributed by atoms with van der Waals surface area (Å²) in [4.78, 5) is 0. The second kappa shape index (κ2) is 5.92. The minimum atomic E-state index is -3.46. The summed E-state index contributed by atoms with van der Waals surface area (Å²) in [7, 11) is -3.46. The van der Waals surface area contributed by atoms with Gasteiger partial charge in [0.2, 0.25) is 0 Å². The molecule has 0 aliphatic carbocycles. The Morgan fingerprint density at radius 3 is 2.16 bits per heavy atom. The van der Waals surface area contributed by atoms with E-state index in [9.17, 15) is 21.6 Å². The van der Waals surface area contributed by atoms with Gasteiger partial charge in [-0.1, -0.05) is 6.92 Å². The third-order valence-electron chi connectivity index (χ3n) is 2.94. The van der Waals surface area contributed by atoms with Crippen LogP contribution >= 0.6 is 0 Å².